The van der Waals surface area contributed by atoms with Gasteiger partial charge in [0.25, 0.3) is 0 Å². The highest BCUT2D eigenvalue weighted by Gasteiger charge is 2.22. The van der Waals surface area contributed by atoms with E-state index in [1.54, 1.807) is 13.2 Å². The maximum absolute atomic E-state index is 11.2. The molecular formula is C16H21ClN4O3. The van der Waals surface area contributed by atoms with Crippen LogP contribution in [0, 0.1) is 5.92 Å². The molecular weight excluding hydrogens is 332 g/mol. The Labute approximate surface area is 144 Å². The van der Waals surface area contributed by atoms with E-state index in [1.807, 2.05) is 6.07 Å². The third kappa shape index (κ3) is 3.57. The number of hydrogen-bond acceptors (Lipinski definition) is 6. The first-order valence-electron chi connectivity index (χ1n) is 7.99. The maximum Gasteiger partial charge on any atom is 0.434 e. The molecule has 1 aliphatic rings. The second-order valence-corrected chi connectivity index (χ2v) is 6.38. The fourth-order valence-corrected chi connectivity index (χ4v) is 3.39. The van der Waals surface area contributed by atoms with Crippen molar-refractivity contribution in [1.29, 1.82) is 0 Å². The number of nitrogens with one attached hydrogen (secondary N) is 3. The fraction of sp³-hybridized carbons (Fsp3) is 0.500. The van der Waals surface area contributed by atoms with Crippen LogP contribution in [-0.4, -0.2) is 36.4 Å². The van der Waals surface area contributed by atoms with Gasteiger partial charge >= 0.3 is 5.76 Å². The Balaban J connectivity index is 1.89. The van der Waals surface area contributed by atoms with Crippen LogP contribution in [0.15, 0.2) is 21.3 Å². The van der Waals surface area contributed by atoms with E-state index in [1.165, 1.54) is 0 Å². The molecule has 2 heterocycles. The molecule has 1 unspecified atom stereocenters. The second-order valence-electron chi connectivity index (χ2n) is 5.98. The van der Waals surface area contributed by atoms with Gasteiger partial charge in [0, 0.05) is 11.6 Å². The van der Waals surface area contributed by atoms with Crippen LogP contribution in [0.1, 0.15) is 19.8 Å². The van der Waals surface area contributed by atoms with E-state index in [2.05, 4.69) is 27.8 Å². The first-order valence-corrected chi connectivity index (χ1v) is 8.37. The minimum atomic E-state index is -0.602. The Bertz CT molecular complexity index is 752. The number of anilines is 1. The Morgan fingerprint density at radius 3 is 2.79 bits per heavy atom. The number of hydrogen-bond donors (Lipinski definition) is 3. The van der Waals surface area contributed by atoms with E-state index in [9.17, 15) is 4.79 Å². The molecule has 3 rings (SSSR count). The number of rotatable bonds is 5. The summed E-state index contributed by atoms with van der Waals surface area (Å²) in [5.74, 6) is 0.734. The molecule has 1 aromatic carbocycles. The van der Waals surface area contributed by atoms with Gasteiger partial charge in [-0.3, -0.25) is 0 Å². The number of methoxy groups -OCH3 is 1. The molecule has 2 aromatic rings. The van der Waals surface area contributed by atoms with Crippen LogP contribution in [0.2, 0.25) is 5.02 Å². The third-order valence-electron chi connectivity index (χ3n) is 4.41. The van der Waals surface area contributed by atoms with Crippen molar-refractivity contribution in [2.75, 3.05) is 25.5 Å². The fourth-order valence-electron chi connectivity index (χ4n) is 3.09. The van der Waals surface area contributed by atoms with Crippen molar-refractivity contribution >= 4 is 17.3 Å². The van der Waals surface area contributed by atoms with Crippen molar-refractivity contribution in [3.63, 3.8) is 0 Å². The number of ether oxygens (including phenoxy) is 1. The van der Waals surface area contributed by atoms with Crippen LogP contribution < -0.4 is 21.1 Å². The zero-order chi connectivity index (χ0) is 17.1. The predicted molar refractivity (Wildman–Crippen MR) is 92.8 cm³/mol. The van der Waals surface area contributed by atoms with E-state index < -0.39 is 5.76 Å². The van der Waals surface area contributed by atoms with Gasteiger partial charge in [0.05, 0.1) is 17.8 Å². The van der Waals surface area contributed by atoms with Gasteiger partial charge in [-0.25, -0.2) is 9.89 Å². The summed E-state index contributed by atoms with van der Waals surface area (Å²) in [5, 5.41) is 13.4. The molecule has 1 aliphatic heterocycles. The van der Waals surface area contributed by atoms with Gasteiger partial charge in [-0.15, -0.1) is 5.10 Å². The van der Waals surface area contributed by atoms with Crippen LogP contribution in [0.5, 0.6) is 5.75 Å². The molecule has 0 aliphatic carbocycles. The van der Waals surface area contributed by atoms with Gasteiger partial charge in [-0.1, -0.05) is 11.6 Å². The number of nitrogens with zero attached hydrogens (tertiary/aromatic N) is 1. The SMILES string of the molecule is COc1c(Cl)cc(-c2n[nH]c(=O)o2)cc1NC(C)C1CCNCC1. The highest BCUT2D eigenvalue weighted by atomic mass is 35.5. The van der Waals surface area contributed by atoms with Gasteiger partial charge in [-0.2, -0.15) is 0 Å². The van der Waals surface area contributed by atoms with E-state index in [0.29, 0.717) is 22.3 Å². The molecule has 1 atom stereocenters. The zero-order valence-corrected chi connectivity index (χ0v) is 14.4. The van der Waals surface area contributed by atoms with Crippen LogP contribution in [-0.2, 0) is 0 Å². The molecule has 0 spiro atoms. The van der Waals surface area contributed by atoms with Crippen molar-refractivity contribution in [3.8, 4) is 17.2 Å². The normalized spacial score (nSPS) is 16.8. The average Bonchev–Trinajstić information content (AvgIpc) is 3.02. The maximum atomic E-state index is 11.2. The van der Waals surface area contributed by atoms with Gasteiger partial charge in [0.15, 0.2) is 5.75 Å². The van der Waals surface area contributed by atoms with Gasteiger partial charge < -0.3 is 19.8 Å². The van der Waals surface area contributed by atoms with Gasteiger partial charge in [-0.05, 0) is 50.9 Å². The van der Waals surface area contributed by atoms with Crippen LogP contribution in [0.3, 0.4) is 0 Å². The van der Waals surface area contributed by atoms with Crippen LogP contribution in [0.25, 0.3) is 11.5 Å². The number of benzene rings is 1. The number of aromatic nitrogens is 2. The lowest BCUT2D eigenvalue weighted by molar-refractivity contribution is 0.342. The van der Waals surface area contributed by atoms with Gasteiger partial charge in [0.2, 0.25) is 5.89 Å². The Morgan fingerprint density at radius 2 is 2.17 bits per heavy atom. The van der Waals surface area contributed by atoms with Crippen LogP contribution in [0.4, 0.5) is 5.69 Å². The molecule has 8 heteroatoms. The minimum absolute atomic E-state index is 0.196. The van der Waals surface area contributed by atoms with E-state index in [0.717, 1.165) is 31.6 Å². The summed E-state index contributed by atoms with van der Waals surface area (Å²) in [4.78, 5) is 11.2. The summed E-state index contributed by atoms with van der Waals surface area (Å²) < 4.78 is 10.4. The quantitative estimate of drug-likeness (QED) is 0.765. The lowest BCUT2D eigenvalue weighted by Gasteiger charge is -2.30. The molecule has 3 N–H and O–H groups in total. The third-order valence-corrected chi connectivity index (χ3v) is 4.69. The molecule has 7 nitrogen and oxygen atoms in total. The van der Waals surface area contributed by atoms with Crippen molar-refractivity contribution in [3.05, 3.63) is 27.7 Å². The number of halogens is 1. The average molecular weight is 353 g/mol. The van der Waals surface area contributed by atoms with Gasteiger partial charge in [0.1, 0.15) is 0 Å². The summed E-state index contributed by atoms with van der Waals surface area (Å²) in [5.41, 5.74) is 1.37. The Morgan fingerprint density at radius 1 is 1.42 bits per heavy atom. The largest absolute Gasteiger partial charge is 0.493 e. The van der Waals surface area contributed by atoms with Crippen LogP contribution >= 0.6 is 11.6 Å². The van der Waals surface area contributed by atoms with Crippen molar-refractivity contribution in [1.82, 2.24) is 15.5 Å². The summed E-state index contributed by atoms with van der Waals surface area (Å²) in [6.45, 7) is 4.23. The zero-order valence-electron chi connectivity index (χ0n) is 13.7. The first-order chi connectivity index (χ1) is 11.6. The highest BCUT2D eigenvalue weighted by molar-refractivity contribution is 6.32. The standard InChI is InChI=1S/C16H21ClN4O3/c1-9(10-3-5-18-6-4-10)19-13-8-11(7-12(17)14(13)23-2)15-20-21-16(22)24-15/h7-10,18-19H,3-6H2,1-2H3,(H,21,22). The number of aromatic amines is 1. The molecule has 0 bridgehead atoms. The number of piperidine rings is 1. The minimum Gasteiger partial charge on any atom is -0.493 e. The molecule has 0 amide bonds. The molecule has 1 fully saturated rings. The van der Waals surface area contributed by atoms with Crippen molar-refractivity contribution < 1.29 is 9.15 Å². The highest BCUT2D eigenvalue weighted by Crippen LogP contribution is 2.38. The Kier molecular flexibility index (Phi) is 5.11. The summed E-state index contributed by atoms with van der Waals surface area (Å²) in [6, 6.07) is 3.76. The van der Waals surface area contributed by atoms with E-state index in [-0.39, 0.29) is 11.9 Å². The monoisotopic (exact) mass is 352 g/mol. The second kappa shape index (κ2) is 7.27. The summed E-state index contributed by atoms with van der Waals surface area (Å²) >= 11 is 6.33. The number of H-pyrrole nitrogens is 1. The predicted octanol–water partition coefficient (Wildman–Crippen LogP) is 2.49. The Hall–Kier alpha value is -1.99. The summed E-state index contributed by atoms with van der Waals surface area (Å²) in [6.07, 6.45) is 2.25. The van der Waals surface area contributed by atoms with E-state index in [4.69, 9.17) is 20.8 Å². The lowest BCUT2D eigenvalue weighted by atomic mass is 9.91. The lowest BCUT2D eigenvalue weighted by Crippen LogP contribution is -2.36. The molecule has 0 saturated carbocycles. The molecule has 24 heavy (non-hydrogen) atoms. The smallest absolute Gasteiger partial charge is 0.434 e. The van der Waals surface area contributed by atoms with E-state index >= 15 is 0 Å². The molecule has 0 radical (unpaired) electrons. The topological polar surface area (TPSA) is 92.2 Å². The molecule has 1 aromatic heterocycles. The molecule has 1 saturated heterocycles. The molecule has 130 valence electrons. The van der Waals surface area contributed by atoms with Crippen molar-refractivity contribution in [2.45, 2.75) is 25.8 Å². The van der Waals surface area contributed by atoms with Crippen molar-refractivity contribution in [2.24, 2.45) is 5.92 Å². The first kappa shape index (κ1) is 16.9. The summed E-state index contributed by atoms with van der Waals surface area (Å²) in [7, 11) is 1.58.